The van der Waals surface area contributed by atoms with E-state index >= 15 is 0 Å². The Balaban J connectivity index is 2.28. The van der Waals surface area contributed by atoms with E-state index in [2.05, 4.69) is 10.5 Å². The summed E-state index contributed by atoms with van der Waals surface area (Å²) >= 11 is 0. The SMILES string of the molecule is Cc1nocc1Nc1ccccc1F. The van der Waals surface area contributed by atoms with E-state index in [1.165, 1.54) is 12.3 Å². The molecule has 1 aromatic carbocycles. The summed E-state index contributed by atoms with van der Waals surface area (Å²) in [5.41, 5.74) is 1.79. The van der Waals surface area contributed by atoms with Crippen LogP contribution in [0.3, 0.4) is 0 Å². The molecule has 0 fully saturated rings. The maximum absolute atomic E-state index is 13.2. The van der Waals surface area contributed by atoms with Crippen molar-refractivity contribution in [3.63, 3.8) is 0 Å². The molecule has 1 aromatic heterocycles. The Morgan fingerprint density at radius 3 is 2.71 bits per heavy atom. The molecule has 4 heteroatoms. The van der Waals surface area contributed by atoms with Crippen LogP contribution < -0.4 is 5.32 Å². The number of aromatic nitrogens is 1. The molecule has 0 unspecified atom stereocenters. The normalized spacial score (nSPS) is 10.1. The van der Waals surface area contributed by atoms with E-state index in [0.29, 0.717) is 17.1 Å². The van der Waals surface area contributed by atoms with Crippen molar-refractivity contribution in [1.29, 1.82) is 0 Å². The van der Waals surface area contributed by atoms with Crippen molar-refractivity contribution in [2.24, 2.45) is 0 Å². The van der Waals surface area contributed by atoms with Gasteiger partial charge in [0.1, 0.15) is 23.5 Å². The number of rotatable bonds is 2. The third-order valence-corrected chi connectivity index (χ3v) is 1.89. The average Bonchev–Trinajstić information content (AvgIpc) is 2.56. The van der Waals surface area contributed by atoms with Crippen LogP contribution in [0.5, 0.6) is 0 Å². The lowest BCUT2D eigenvalue weighted by Crippen LogP contribution is -1.93. The van der Waals surface area contributed by atoms with E-state index in [4.69, 9.17) is 4.52 Å². The van der Waals surface area contributed by atoms with Gasteiger partial charge in [0, 0.05) is 0 Å². The van der Waals surface area contributed by atoms with E-state index in [1.54, 1.807) is 25.1 Å². The van der Waals surface area contributed by atoms with Crippen LogP contribution in [0.4, 0.5) is 15.8 Å². The van der Waals surface area contributed by atoms with Gasteiger partial charge in [-0.15, -0.1) is 0 Å². The highest BCUT2D eigenvalue weighted by atomic mass is 19.1. The first-order chi connectivity index (χ1) is 6.77. The zero-order valence-electron chi connectivity index (χ0n) is 7.62. The number of hydrogen-bond donors (Lipinski definition) is 1. The molecular weight excluding hydrogens is 183 g/mol. The number of hydrogen-bond acceptors (Lipinski definition) is 3. The Bertz CT molecular complexity index is 439. The first kappa shape index (κ1) is 8.74. The van der Waals surface area contributed by atoms with Crippen molar-refractivity contribution in [3.05, 3.63) is 42.0 Å². The van der Waals surface area contributed by atoms with E-state index in [1.807, 2.05) is 0 Å². The third-order valence-electron chi connectivity index (χ3n) is 1.89. The number of aryl methyl sites for hydroxylation is 1. The Labute approximate surface area is 80.5 Å². The van der Waals surface area contributed by atoms with Gasteiger partial charge in [0.2, 0.25) is 0 Å². The van der Waals surface area contributed by atoms with Gasteiger partial charge >= 0.3 is 0 Å². The monoisotopic (exact) mass is 192 g/mol. The molecule has 0 radical (unpaired) electrons. The summed E-state index contributed by atoms with van der Waals surface area (Å²) in [5.74, 6) is -0.298. The highest BCUT2D eigenvalue weighted by Crippen LogP contribution is 2.21. The van der Waals surface area contributed by atoms with Crippen molar-refractivity contribution in [1.82, 2.24) is 5.16 Å². The lowest BCUT2D eigenvalue weighted by Gasteiger charge is -2.04. The fraction of sp³-hybridized carbons (Fsp3) is 0.100. The van der Waals surface area contributed by atoms with Crippen LogP contribution in [-0.2, 0) is 0 Å². The van der Waals surface area contributed by atoms with Crippen LogP contribution in [-0.4, -0.2) is 5.16 Å². The minimum absolute atomic E-state index is 0.298. The number of para-hydroxylation sites is 1. The molecule has 0 atom stereocenters. The number of anilines is 2. The molecule has 14 heavy (non-hydrogen) atoms. The lowest BCUT2D eigenvalue weighted by atomic mass is 10.3. The summed E-state index contributed by atoms with van der Waals surface area (Å²) in [7, 11) is 0. The zero-order valence-corrected chi connectivity index (χ0v) is 7.62. The first-order valence-corrected chi connectivity index (χ1v) is 4.20. The number of nitrogens with one attached hydrogen (secondary N) is 1. The largest absolute Gasteiger partial charge is 0.362 e. The summed E-state index contributed by atoms with van der Waals surface area (Å²) < 4.78 is 17.9. The van der Waals surface area contributed by atoms with Gasteiger partial charge in [-0.3, -0.25) is 0 Å². The second-order valence-corrected chi connectivity index (χ2v) is 2.92. The second kappa shape index (κ2) is 3.49. The molecule has 2 aromatic rings. The van der Waals surface area contributed by atoms with Gasteiger partial charge in [-0.2, -0.15) is 0 Å². The van der Waals surface area contributed by atoms with Crippen LogP contribution in [0.15, 0.2) is 35.1 Å². The number of benzene rings is 1. The van der Waals surface area contributed by atoms with Crippen molar-refractivity contribution in [3.8, 4) is 0 Å². The van der Waals surface area contributed by atoms with Crippen molar-refractivity contribution in [2.45, 2.75) is 6.92 Å². The Morgan fingerprint density at radius 2 is 2.07 bits per heavy atom. The minimum Gasteiger partial charge on any atom is -0.362 e. The fourth-order valence-corrected chi connectivity index (χ4v) is 1.12. The predicted molar refractivity (Wildman–Crippen MR) is 50.9 cm³/mol. The molecular formula is C10H9FN2O. The third kappa shape index (κ3) is 1.59. The second-order valence-electron chi connectivity index (χ2n) is 2.92. The Hall–Kier alpha value is -1.84. The molecule has 0 aliphatic carbocycles. The maximum Gasteiger partial charge on any atom is 0.147 e. The molecule has 2 rings (SSSR count). The summed E-state index contributed by atoms with van der Waals surface area (Å²) in [4.78, 5) is 0. The summed E-state index contributed by atoms with van der Waals surface area (Å²) in [6.45, 7) is 1.78. The Kier molecular flexibility index (Phi) is 2.18. The van der Waals surface area contributed by atoms with Gasteiger partial charge in [-0.25, -0.2) is 4.39 Å². The smallest absolute Gasteiger partial charge is 0.147 e. The van der Waals surface area contributed by atoms with E-state index in [0.717, 1.165) is 0 Å². The molecule has 0 aliphatic rings. The van der Waals surface area contributed by atoms with E-state index in [-0.39, 0.29) is 5.82 Å². The highest BCUT2D eigenvalue weighted by Gasteiger charge is 2.05. The van der Waals surface area contributed by atoms with Crippen LogP contribution in [0.1, 0.15) is 5.69 Å². The van der Waals surface area contributed by atoms with Gasteiger partial charge < -0.3 is 9.84 Å². The quantitative estimate of drug-likeness (QED) is 0.795. The summed E-state index contributed by atoms with van der Waals surface area (Å²) in [6.07, 6.45) is 1.45. The van der Waals surface area contributed by atoms with Gasteiger partial charge in [0.15, 0.2) is 0 Å². The van der Waals surface area contributed by atoms with Gasteiger partial charge in [-0.1, -0.05) is 17.3 Å². The predicted octanol–water partition coefficient (Wildman–Crippen LogP) is 2.87. The van der Waals surface area contributed by atoms with Crippen molar-refractivity contribution < 1.29 is 8.91 Å². The van der Waals surface area contributed by atoms with Gasteiger partial charge in [0.25, 0.3) is 0 Å². The summed E-state index contributed by atoms with van der Waals surface area (Å²) in [5, 5.41) is 6.57. The fourth-order valence-electron chi connectivity index (χ4n) is 1.12. The topological polar surface area (TPSA) is 38.1 Å². The summed E-state index contributed by atoms with van der Waals surface area (Å²) in [6, 6.07) is 6.45. The van der Waals surface area contributed by atoms with Crippen LogP contribution >= 0.6 is 0 Å². The molecule has 0 amide bonds. The number of halogens is 1. The molecule has 1 N–H and O–H groups in total. The van der Waals surface area contributed by atoms with E-state index in [9.17, 15) is 4.39 Å². The molecule has 0 saturated heterocycles. The minimum atomic E-state index is -0.298. The van der Waals surface area contributed by atoms with Crippen molar-refractivity contribution >= 4 is 11.4 Å². The standard InChI is InChI=1S/C10H9FN2O/c1-7-10(6-14-13-7)12-9-5-3-2-4-8(9)11/h2-6,12H,1H3. The molecule has 72 valence electrons. The first-order valence-electron chi connectivity index (χ1n) is 4.20. The molecule has 0 aliphatic heterocycles. The van der Waals surface area contributed by atoms with Crippen LogP contribution in [0, 0.1) is 12.7 Å². The zero-order chi connectivity index (χ0) is 9.97. The Morgan fingerprint density at radius 1 is 1.29 bits per heavy atom. The number of nitrogens with zero attached hydrogens (tertiary/aromatic N) is 1. The molecule has 1 heterocycles. The molecule has 0 spiro atoms. The molecule has 3 nitrogen and oxygen atoms in total. The van der Waals surface area contributed by atoms with Crippen LogP contribution in [0.25, 0.3) is 0 Å². The maximum atomic E-state index is 13.2. The van der Waals surface area contributed by atoms with Gasteiger partial charge in [-0.05, 0) is 19.1 Å². The van der Waals surface area contributed by atoms with Gasteiger partial charge in [0.05, 0.1) is 5.69 Å². The highest BCUT2D eigenvalue weighted by molar-refractivity contribution is 5.60. The molecule has 0 bridgehead atoms. The average molecular weight is 192 g/mol. The van der Waals surface area contributed by atoms with Crippen LogP contribution in [0.2, 0.25) is 0 Å². The van der Waals surface area contributed by atoms with Crippen molar-refractivity contribution in [2.75, 3.05) is 5.32 Å². The molecule has 0 saturated carbocycles. The lowest BCUT2D eigenvalue weighted by molar-refractivity contribution is 0.415. The van der Waals surface area contributed by atoms with E-state index < -0.39 is 0 Å².